The maximum atomic E-state index is 13.3. The van der Waals surface area contributed by atoms with E-state index in [1.54, 1.807) is 0 Å². The zero-order valence-corrected chi connectivity index (χ0v) is 17.2. The maximum absolute atomic E-state index is 13.3. The first-order chi connectivity index (χ1) is 14.5. The van der Waals surface area contributed by atoms with Crippen molar-refractivity contribution in [3.05, 3.63) is 71.3 Å². The second-order valence-corrected chi connectivity index (χ2v) is 8.05. The Hall–Kier alpha value is -3.15. The van der Waals surface area contributed by atoms with Crippen LogP contribution < -0.4 is 10.6 Å². The summed E-state index contributed by atoms with van der Waals surface area (Å²) in [6, 6.07) is 16.8. The number of hydrogen-bond acceptors (Lipinski definition) is 3. The zero-order chi connectivity index (χ0) is 21.1. The van der Waals surface area contributed by atoms with E-state index in [0.29, 0.717) is 6.42 Å². The molecule has 0 bridgehead atoms. The van der Waals surface area contributed by atoms with E-state index in [1.165, 1.54) is 5.56 Å². The number of amides is 4. The van der Waals surface area contributed by atoms with Gasteiger partial charge in [0.05, 0.1) is 6.04 Å². The van der Waals surface area contributed by atoms with E-state index in [4.69, 9.17) is 0 Å². The topological polar surface area (TPSA) is 78.5 Å². The maximum Gasteiger partial charge on any atom is 0.325 e. The molecule has 2 N–H and O–H groups in total. The lowest BCUT2D eigenvalue weighted by Gasteiger charge is -2.28. The minimum Gasteiger partial charge on any atom is -0.348 e. The molecule has 4 amide bonds. The summed E-state index contributed by atoms with van der Waals surface area (Å²) >= 11 is 0. The van der Waals surface area contributed by atoms with Crippen LogP contribution in [0.5, 0.6) is 0 Å². The molecule has 1 saturated heterocycles. The molecule has 1 aliphatic heterocycles. The van der Waals surface area contributed by atoms with Gasteiger partial charge in [0.1, 0.15) is 12.1 Å². The largest absolute Gasteiger partial charge is 0.348 e. The zero-order valence-electron chi connectivity index (χ0n) is 17.2. The fraction of sp³-hybridized carbons (Fsp3) is 0.375. The van der Waals surface area contributed by atoms with Crippen LogP contribution in [0.3, 0.4) is 0 Å². The van der Waals surface area contributed by atoms with Crippen LogP contribution in [-0.2, 0) is 21.5 Å². The van der Waals surface area contributed by atoms with Crippen molar-refractivity contribution >= 4 is 17.8 Å². The summed E-state index contributed by atoms with van der Waals surface area (Å²) in [5, 5.41) is 5.90. The second-order valence-electron chi connectivity index (χ2n) is 8.05. The molecule has 0 unspecified atom stereocenters. The molecule has 0 radical (unpaired) electrons. The number of carbonyl (C=O) groups excluding carboxylic acids is 3. The monoisotopic (exact) mass is 405 g/mol. The van der Waals surface area contributed by atoms with E-state index in [-0.39, 0.29) is 24.4 Å². The number of fused-ring (bicyclic) bond motifs is 1. The highest BCUT2D eigenvalue weighted by molar-refractivity contribution is 6.09. The van der Waals surface area contributed by atoms with Gasteiger partial charge in [-0.2, -0.15) is 0 Å². The predicted octanol–water partition coefficient (Wildman–Crippen LogP) is 3.43. The first-order valence-corrected chi connectivity index (χ1v) is 10.6. The average Bonchev–Trinajstić information content (AvgIpc) is 3.00. The number of rotatable bonds is 6. The standard InChI is InChI=1S/C24H27N3O3/c1-2-15-24(18-11-4-3-5-12-18)22(29)27(23(30)26-24)16-21(28)25-20-14-8-10-17-9-6-7-13-19(17)20/h3-7,9,11-13,20H,2,8,10,14-16H2,1H3,(H,25,28)(H,26,30)/t20-,24-/m0/s1. The third-order valence-electron chi connectivity index (χ3n) is 6.07. The summed E-state index contributed by atoms with van der Waals surface area (Å²) in [6.45, 7) is 1.70. The summed E-state index contributed by atoms with van der Waals surface area (Å²) in [6.07, 6.45) is 4.06. The number of carbonyl (C=O) groups is 3. The Morgan fingerprint density at radius 2 is 1.87 bits per heavy atom. The Morgan fingerprint density at radius 1 is 1.13 bits per heavy atom. The normalized spacial score (nSPS) is 23.1. The fourth-order valence-electron chi connectivity index (χ4n) is 4.66. The summed E-state index contributed by atoms with van der Waals surface area (Å²) in [4.78, 5) is 39.8. The van der Waals surface area contributed by atoms with Crippen LogP contribution in [0.15, 0.2) is 54.6 Å². The molecule has 1 fully saturated rings. The minimum absolute atomic E-state index is 0.0854. The summed E-state index contributed by atoms with van der Waals surface area (Å²) < 4.78 is 0. The molecule has 6 nitrogen and oxygen atoms in total. The van der Waals surface area contributed by atoms with Gasteiger partial charge in [-0.25, -0.2) is 4.79 Å². The van der Waals surface area contributed by atoms with Gasteiger partial charge in [-0.05, 0) is 42.4 Å². The van der Waals surface area contributed by atoms with Crippen molar-refractivity contribution in [1.29, 1.82) is 0 Å². The molecule has 6 heteroatoms. The van der Waals surface area contributed by atoms with Crippen LogP contribution in [0.25, 0.3) is 0 Å². The summed E-state index contributed by atoms with van der Waals surface area (Å²) in [7, 11) is 0. The fourth-order valence-corrected chi connectivity index (χ4v) is 4.66. The molecule has 0 saturated carbocycles. The Balaban J connectivity index is 1.50. The van der Waals surface area contributed by atoms with Crippen molar-refractivity contribution in [3.8, 4) is 0 Å². The van der Waals surface area contributed by atoms with Crippen molar-refractivity contribution in [2.24, 2.45) is 0 Å². The molecule has 0 aromatic heterocycles. The van der Waals surface area contributed by atoms with Crippen LogP contribution >= 0.6 is 0 Å². The summed E-state index contributed by atoms with van der Waals surface area (Å²) in [5.74, 6) is -0.680. The second kappa shape index (κ2) is 8.30. The number of urea groups is 1. The molecule has 1 aliphatic carbocycles. The smallest absolute Gasteiger partial charge is 0.325 e. The van der Waals surface area contributed by atoms with Crippen LogP contribution in [0.1, 0.15) is 55.3 Å². The van der Waals surface area contributed by atoms with Gasteiger partial charge in [-0.3, -0.25) is 14.5 Å². The molecule has 4 rings (SSSR count). The SMILES string of the molecule is CCC[C@@]1(c2ccccc2)NC(=O)N(CC(=O)N[C@H]2CCCc3ccccc32)C1=O. The Bertz CT molecular complexity index is 959. The third kappa shape index (κ3) is 3.58. The van der Waals surface area contributed by atoms with E-state index < -0.39 is 11.6 Å². The number of imide groups is 1. The lowest BCUT2D eigenvalue weighted by Crippen LogP contribution is -2.45. The number of nitrogens with zero attached hydrogens (tertiary/aromatic N) is 1. The lowest BCUT2D eigenvalue weighted by molar-refractivity contribution is -0.135. The van der Waals surface area contributed by atoms with Crippen LogP contribution in [0.2, 0.25) is 0 Å². The Labute approximate surface area is 176 Å². The molecular formula is C24H27N3O3. The Kier molecular flexibility index (Phi) is 5.57. The highest BCUT2D eigenvalue weighted by atomic mass is 16.2. The van der Waals surface area contributed by atoms with Gasteiger partial charge in [0.15, 0.2) is 0 Å². The van der Waals surface area contributed by atoms with Crippen LogP contribution in [-0.4, -0.2) is 29.3 Å². The van der Waals surface area contributed by atoms with Crippen molar-refractivity contribution in [2.75, 3.05) is 6.54 Å². The van der Waals surface area contributed by atoms with E-state index in [2.05, 4.69) is 16.7 Å². The Morgan fingerprint density at radius 3 is 2.63 bits per heavy atom. The molecule has 2 aromatic rings. The quantitative estimate of drug-likeness (QED) is 0.723. The summed E-state index contributed by atoms with van der Waals surface area (Å²) in [5.41, 5.74) is 2.01. The molecule has 1 heterocycles. The molecule has 2 aromatic carbocycles. The van der Waals surface area contributed by atoms with Crippen molar-refractivity contribution in [1.82, 2.24) is 15.5 Å². The average molecular weight is 405 g/mol. The van der Waals surface area contributed by atoms with Crippen LogP contribution in [0, 0.1) is 0 Å². The van der Waals surface area contributed by atoms with Gasteiger partial charge in [0.25, 0.3) is 5.91 Å². The number of nitrogens with one attached hydrogen (secondary N) is 2. The van der Waals surface area contributed by atoms with E-state index in [1.807, 2.05) is 55.5 Å². The first-order valence-electron chi connectivity index (χ1n) is 10.6. The van der Waals surface area contributed by atoms with Gasteiger partial charge < -0.3 is 10.6 Å². The van der Waals surface area contributed by atoms with Crippen molar-refractivity contribution in [3.63, 3.8) is 0 Å². The van der Waals surface area contributed by atoms with Crippen molar-refractivity contribution in [2.45, 2.75) is 50.6 Å². The highest BCUT2D eigenvalue weighted by Gasteiger charge is 2.52. The van der Waals surface area contributed by atoms with Crippen molar-refractivity contribution < 1.29 is 14.4 Å². The number of hydrogen-bond donors (Lipinski definition) is 2. The molecule has 30 heavy (non-hydrogen) atoms. The lowest BCUT2D eigenvalue weighted by atomic mass is 9.85. The van der Waals surface area contributed by atoms with Gasteiger partial charge in [-0.15, -0.1) is 0 Å². The van der Waals surface area contributed by atoms with E-state index in [9.17, 15) is 14.4 Å². The molecule has 156 valence electrons. The number of benzene rings is 2. The van der Waals surface area contributed by atoms with Gasteiger partial charge in [-0.1, -0.05) is 67.9 Å². The van der Waals surface area contributed by atoms with Gasteiger partial charge in [0, 0.05) is 0 Å². The highest BCUT2D eigenvalue weighted by Crippen LogP contribution is 2.34. The molecule has 0 spiro atoms. The van der Waals surface area contributed by atoms with Crippen LogP contribution in [0.4, 0.5) is 4.79 Å². The number of aryl methyl sites for hydroxylation is 1. The van der Waals surface area contributed by atoms with E-state index >= 15 is 0 Å². The van der Waals surface area contributed by atoms with Gasteiger partial charge >= 0.3 is 6.03 Å². The third-order valence-corrected chi connectivity index (χ3v) is 6.07. The first kappa shape index (κ1) is 20.1. The molecule has 2 atom stereocenters. The molecular weight excluding hydrogens is 378 g/mol. The predicted molar refractivity (Wildman–Crippen MR) is 114 cm³/mol. The molecule has 2 aliphatic rings. The van der Waals surface area contributed by atoms with E-state index in [0.717, 1.165) is 41.7 Å². The minimum atomic E-state index is -1.11. The van der Waals surface area contributed by atoms with Gasteiger partial charge in [0.2, 0.25) is 5.91 Å².